The van der Waals surface area contributed by atoms with Crippen LogP contribution in [0, 0.1) is 0 Å². The molecule has 100 valence electrons. The molecule has 0 atom stereocenters. The highest BCUT2D eigenvalue weighted by Gasteiger charge is 2.26. The molecule has 5 heteroatoms. The first-order valence-corrected chi connectivity index (χ1v) is 7.07. The number of halogens is 1. The number of nitrogens with one attached hydrogen (secondary N) is 1. The predicted molar refractivity (Wildman–Crippen MR) is 75.7 cm³/mol. The Morgan fingerprint density at radius 2 is 2.32 bits per heavy atom. The molecule has 1 N–H and O–H groups in total. The highest BCUT2D eigenvalue weighted by atomic mass is 35.5. The zero-order valence-corrected chi connectivity index (χ0v) is 11.7. The van der Waals surface area contributed by atoms with E-state index < -0.39 is 0 Å². The van der Waals surface area contributed by atoms with Gasteiger partial charge in [-0.3, -0.25) is 0 Å². The maximum atomic E-state index is 6.15. The van der Waals surface area contributed by atoms with E-state index in [-0.39, 0.29) is 0 Å². The van der Waals surface area contributed by atoms with Gasteiger partial charge in [0.2, 0.25) is 0 Å². The van der Waals surface area contributed by atoms with Crippen molar-refractivity contribution in [1.82, 2.24) is 20.1 Å². The Balaban J connectivity index is 1.86. The van der Waals surface area contributed by atoms with Crippen LogP contribution in [0.15, 0.2) is 24.5 Å². The lowest BCUT2D eigenvalue weighted by Gasteiger charge is -2.07. The molecule has 0 bridgehead atoms. The Morgan fingerprint density at radius 1 is 1.47 bits per heavy atom. The third-order valence-corrected chi connectivity index (χ3v) is 3.67. The molecule has 0 amide bonds. The number of aromatic nitrogens is 3. The summed E-state index contributed by atoms with van der Waals surface area (Å²) >= 11 is 6.15. The van der Waals surface area contributed by atoms with Gasteiger partial charge >= 0.3 is 0 Å². The van der Waals surface area contributed by atoms with Crippen molar-refractivity contribution in [3.8, 4) is 5.82 Å². The molecule has 19 heavy (non-hydrogen) atoms. The molecule has 0 saturated heterocycles. The molecular formula is C14H17ClN4. The van der Waals surface area contributed by atoms with Gasteiger partial charge in [0.25, 0.3) is 0 Å². The van der Waals surface area contributed by atoms with Crippen LogP contribution in [0.5, 0.6) is 0 Å². The highest BCUT2D eigenvalue weighted by Crippen LogP contribution is 2.39. The molecule has 2 aromatic heterocycles. The molecule has 1 fully saturated rings. The van der Waals surface area contributed by atoms with Crippen molar-refractivity contribution in [3.05, 3.63) is 40.8 Å². The molecule has 0 aliphatic heterocycles. The lowest BCUT2D eigenvalue weighted by Crippen LogP contribution is -2.13. The molecule has 0 radical (unpaired) electrons. The summed E-state index contributed by atoms with van der Waals surface area (Å²) in [7, 11) is 0. The van der Waals surface area contributed by atoms with Crippen LogP contribution < -0.4 is 5.32 Å². The van der Waals surface area contributed by atoms with Crippen LogP contribution in [0.4, 0.5) is 0 Å². The topological polar surface area (TPSA) is 42.7 Å². The number of rotatable bonds is 5. The van der Waals surface area contributed by atoms with Crippen LogP contribution in [0.25, 0.3) is 5.82 Å². The summed E-state index contributed by atoms with van der Waals surface area (Å²) in [5.41, 5.74) is 2.22. The zero-order valence-electron chi connectivity index (χ0n) is 10.9. The standard InChI is InChI=1S/C14H17ClN4/c1-2-16-8-11-7-14(17-9-12(11)15)19-6-5-13(18-19)10-3-4-10/h5-7,9-10,16H,2-4,8H2,1H3. The lowest BCUT2D eigenvalue weighted by molar-refractivity contribution is 0.722. The van der Waals surface area contributed by atoms with Crippen LogP contribution in [0.3, 0.4) is 0 Å². The van der Waals surface area contributed by atoms with Gasteiger partial charge < -0.3 is 5.32 Å². The van der Waals surface area contributed by atoms with Gasteiger partial charge in [-0.05, 0) is 37.1 Å². The van der Waals surface area contributed by atoms with Gasteiger partial charge in [0.05, 0.1) is 10.7 Å². The summed E-state index contributed by atoms with van der Waals surface area (Å²) < 4.78 is 1.83. The first kappa shape index (κ1) is 12.6. The largest absolute Gasteiger partial charge is 0.313 e. The Kier molecular flexibility index (Phi) is 3.53. The molecule has 1 aliphatic rings. The van der Waals surface area contributed by atoms with E-state index in [2.05, 4.69) is 28.4 Å². The number of pyridine rings is 1. The molecule has 1 saturated carbocycles. The fourth-order valence-electron chi connectivity index (χ4n) is 2.05. The van der Waals surface area contributed by atoms with Crippen molar-refractivity contribution < 1.29 is 0 Å². The summed E-state index contributed by atoms with van der Waals surface area (Å²) in [5.74, 6) is 1.49. The van der Waals surface area contributed by atoms with Gasteiger partial charge in [-0.15, -0.1) is 0 Å². The molecule has 0 unspecified atom stereocenters. The normalized spacial score (nSPS) is 14.8. The Labute approximate surface area is 117 Å². The second-order valence-electron chi connectivity index (χ2n) is 4.87. The third kappa shape index (κ3) is 2.80. The van der Waals surface area contributed by atoms with Crippen molar-refractivity contribution >= 4 is 11.6 Å². The summed E-state index contributed by atoms with van der Waals surface area (Å²) in [6, 6.07) is 4.08. The van der Waals surface area contributed by atoms with E-state index in [4.69, 9.17) is 11.6 Å². The maximum Gasteiger partial charge on any atom is 0.153 e. The molecule has 0 aromatic carbocycles. The van der Waals surface area contributed by atoms with E-state index in [1.807, 2.05) is 16.9 Å². The van der Waals surface area contributed by atoms with Gasteiger partial charge in [0, 0.05) is 24.9 Å². The number of hydrogen-bond donors (Lipinski definition) is 1. The molecule has 1 aliphatic carbocycles. The summed E-state index contributed by atoms with van der Waals surface area (Å²) in [5, 5.41) is 8.55. The summed E-state index contributed by atoms with van der Waals surface area (Å²) in [6.07, 6.45) is 6.19. The van der Waals surface area contributed by atoms with Crippen LogP contribution >= 0.6 is 11.6 Å². The van der Waals surface area contributed by atoms with Crippen molar-refractivity contribution in [2.45, 2.75) is 32.2 Å². The first-order chi connectivity index (χ1) is 9.28. The van der Waals surface area contributed by atoms with E-state index >= 15 is 0 Å². The molecule has 3 rings (SSSR count). The predicted octanol–water partition coefficient (Wildman–Crippen LogP) is 2.91. The number of nitrogens with zero attached hydrogens (tertiary/aromatic N) is 3. The Hall–Kier alpha value is -1.39. The third-order valence-electron chi connectivity index (χ3n) is 3.33. The quantitative estimate of drug-likeness (QED) is 0.913. The smallest absolute Gasteiger partial charge is 0.153 e. The van der Waals surface area contributed by atoms with Crippen molar-refractivity contribution in [1.29, 1.82) is 0 Å². The average Bonchev–Trinajstić information content (AvgIpc) is 3.16. The summed E-state index contributed by atoms with van der Waals surface area (Å²) in [4.78, 5) is 4.35. The van der Waals surface area contributed by atoms with Crippen molar-refractivity contribution in [2.75, 3.05) is 6.54 Å². The van der Waals surface area contributed by atoms with Gasteiger partial charge in [0.1, 0.15) is 0 Å². The lowest BCUT2D eigenvalue weighted by atomic mass is 10.2. The summed E-state index contributed by atoms with van der Waals surface area (Å²) in [6.45, 7) is 3.74. The van der Waals surface area contributed by atoms with E-state index in [1.165, 1.54) is 18.5 Å². The SMILES string of the molecule is CCNCc1cc(-n2ccc(C3CC3)n2)ncc1Cl. The minimum atomic E-state index is 0.662. The first-order valence-electron chi connectivity index (χ1n) is 6.69. The molecule has 2 heterocycles. The fourth-order valence-corrected chi connectivity index (χ4v) is 2.22. The van der Waals surface area contributed by atoms with Crippen LogP contribution in [-0.2, 0) is 6.54 Å². The van der Waals surface area contributed by atoms with E-state index in [0.29, 0.717) is 10.9 Å². The van der Waals surface area contributed by atoms with E-state index in [9.17, 15) is 0 Å². The van der Waals surface area contributed by atoms with Crippen LogP contribution in [0.2, 0.25) is 5.02 Å². The highest BCUT2D eigenvalue weighted by molar-refractivity contribution is 6.31. The minimum Gasteiger partial charge on any atom is -0.313 e. The molecule has 0 spiro atoms. The van der Waals surface area contributed by atoms with Crippen LogP contribution in [0.1, 0.15) is 36.9 Å². The van der Waals surface area contributed by atoms with Gasteiger partial charge in [-0.25, -0.2) is 9.67 Å². The van der Waals surface area contributed by atoms with Gasteiger partial charge in [0.15, 0.2) is 5.82 Å². The Morgan fingerprint density at radius 3 is 3.05 bits per heavy atom. The number of hydrogen-bond acceptors (Lipinski definition) is 3. The fraction of sp³-hybridized carbons (Fsp3) is 0.429. The molecular weight excluding hydrogens is 260 g/mol. The molecule has 4 nitrogen and oxygen atoms in total. The van der Waals surface area contributed by atoms with Crippen LogP contribution in [-0.4, -0.2) is 21.3 Å². The Bertz CT molecular complexity index is 575. The van der Waals surface area contributed by atoms with Crippen molar-refractivity contribution in [2.24, 2.45) is 0 Å². The maximum absolute atomic E-state index is 6.15. The monoisotopic (exact) mass is 276 g/mol. The van der Waals surface area contributed by atoms with Gasteiger partial charge in [-0.1, -0.05) is 18.5 Å². The van der Waals surface area contributed by atoms with Crippen molar-refractivity contribution in [3.63, 3.8) is 0 Å². The second kappa shape index (κ2) is 5.31. The average molecular weight is 277 g/mol. The molecule has 2 aromatic rings. The van der Waals surface area contributed by atoms with Gasteiger partial charge in [-0.2, -0.15) is 5.10 Å². The zero-order chi connectivity index (χ0) is 13.2. The minimum absolute atomic E-state index is 0.662. The van der Waals surface area contributed by atoms with E-state index in [1.54, 1.807) is 6.20 Å². The van der Waals surface area contributed by atoms with E-state index in [0.717, 1.165) is 24.5 Å². The second-order valence-corrected chi connectivity index (χ2v) is 5.28.